The smallest absolute Gasteiger partial charge is 0.251 e. The van der Waals surface area contributed by atoms with Gasteiger partial charge in [0.2, 0.25) is 0 Å². The first-order valence-electron chi connectivity index (χ1n) is 10.8. The van der Waals surface area contributed by atoms with Crippen LogP contribution < -0.4 is 19.5 Å². The molecule has 0 saturated carbocycles. The van der Waals surface area contributed by atoms with E-state index in [-0.39, 0.29) is 18.1 Å². The lowest BCUT2D eigenvalue weighted by molar-refractivity contribution is 0.0534. The Balaban J connectivity index is 1.17. The van der Waals surface area contributed by atoms with Crippen LogP contribution in [-0.2, 0) is 0 Å². The number of aryl methyl sites for hydroxylation is 1. The highest BCUT2D eigenvalue weighted by Gasteiger charge is 2.33. The molecule has 0 aromatic heterocycles. The van der Waals surface area contributed by atoms with Gasteiger partial charge in [0, 0.05) is 24.7 Å². The SMILES string of the molecule is Cc1ccc(OC[C@@H]2COc3cc(C(=O)N[C@@H]4C[C@@H]5CCN(C5)C4)ccc3O2)cc1. The van der Waals surface area contributed by atoms with Gasteiger partial charge < -0.3 is 24.4 Å². The van der Waals surface area contributed by atoms with Crippen molar-refractivity contribution in [1.29, 1.82) is 0 Å². The Kier molecular flexibility index (Phi) is 5.25. The second kappa shape index (κ2) is 8.19. The van der Waals surface area contributed by atoms with Gasteiger partial charge in [0.1, 0.15) is 19.0 Å². The van der Waals surface area contributed by atoms with Gasteiger partial charge in [0.25, 0.3) is 5.91 Å². The standard InChI is InChI=1S/C24H28N2O4/c1-16-2-5-20(6-3-16)28-14-21-15-29-23-11-18(4-7-22(23)30-21)24(27)25-19-10-17-8-9-26(12-17)13-19/h2-7,11,17,19,21H,8-10,12-15H2,1H3,(H,25,27)/t17-,19+,21+/m0/s1. The zero-order chi connectivity index (χ0) is 20.5. The van der Waals surface area contributed by atoms with Crippen LogP contribution in [0.15, 0.2) is 42.5 Å². The van der Waals surface area contributed by atoms with Gasteiger partial charge in [-0.05, 0) is 62.6 Å². The molecular weight excluding hydrogens is 380 g/mol. The van der Waals surface area contributed by atoms with E-state index in [1.807, 2.05) is 37.3 Å². The number of fused-ring (bicyclic) bond motifs is 3. The summed E-state index contributed by atoms with van der Waals surface area (Å²) in [6.45, 7) is 6.15. The molecule has 2 aromatic carbocycles. The zero-order valence-corrected chi connectivity index (χ0v) is 17.3. The van der Waals surface area contributed by atoms with Crippen LogP contribution in [-0.4, -0.2) is 55.8 Å². The molecule has 6 nitrogen and oxygen atoms in total. The van der Waals surface area contributed by atoms with Crippen molar-refractivity contribution < 1.29 is 19.0 Å². The Bertz CT molecular complexity index is 902. The van der Waals surface area contributed by atoms with E-state index in [0.717, 1.165) is 31.2 Å². The fourth-order valence-electron chi connectivity index (χ4n) is 4.59. The predicted molar refractivity (Wildman–Crippen MR) is 113 cm³/mol. The molecular formula is C24H28N2O4. The summed E-state index contributed by atoms with van der Waals surface area (Å²) in [6, 6.07) is 13.6. The number of amides is 1. The number of benzene rings is 2. The van der Waals surface area contributed by atoms with Crippen LogP contribution in [0, 0.1) is 12.8 Å². The first kappa shape index (κ1) is 19.2. The Labute approximate surface area is 177 Å². The highest BCUT2D eigenvalue weighted by Crippen LogP contribution is 2.33. The Morgan fingerprint density at radius 2 is 2.03 bits per heavy atom. The van der Waals surface area contributed by atoms with Gasteiger partial charge in [0.05, 0.1) is 0 Å². The van der Waals surface area contributed by atoms with Gasteiger partial charge in [-0.1, -0.05) is 17.7 Å². The third-order valence-corrected chi connectivity index (χ3v) is 6.18. The molecule has 3 heterocycles. The summed E-state index contributed by atoms with van der Waals surface area (Å²) >= 11 is 0. The average Bonchev–Trinajstić information content (AvgIpc) is 3.10. The molecule has 3 aliphatic heterocycles. The lowest BCUT2D eigenvalue weighted by Crippen LogP contribution is -2.47. The maximum absolute atomic E-state index is 12.7. The van der Waals surface area contributed by atoms with Crippen molar-refractivity contribution in [3.8, 4) is 17.2 Å². The fraction of sp³-hybridized carbons (Fsp3) is 0.458. The molecule has 4 atom stereocenters. The van der Waals surface area contributed by atoms with Crippen molar-refractivity contribution in [2.45, 2.75) is 31.9 Å². The minimum absolute atomic E-state index is 0.0428. The topological polar surface area (TPSA) is 60.0 Å². The van der Waals surface area contributed by atoms with Crippen molar-refractivity contribution in [2.24, 2.45) is 5.92 Å². The van der Waals surface area contributed by atoms with Crippen molar-refractivity contribution in [3.63, 3.8) is 0 Å². The third-order valence-electron chi connectivity index (χ3n) is 6.18. The Morgan fingerprint density at radius 1 is 1.17 bits per heavy atom. The normalized spacial score (nSPS) is 26.8. The summed E-state index contributed by atoms with van der Waals surface area (Å²) in [5.74, 6) is 2.76. The largest absolute Gasteiger partial charge is 0.490 e. The number of ether oxygens (including phenoxy) is 3. The van der Waals surface area contributed by atoms with Gasteiger partial charge in [-0.3, -0.25) is 4.79 Å². The number of hydrogen-bond acceptors (Lipinski definition) is 5. The molecule has 2 bridgehead atoms. The van der Waals surface area contributed by atoms with E-state index in [1.54, 1.807) is 12.1 Å². The molecule has 2 aromatic rings. The van der Waals surface area contributed by atoms with Crippen LogP contribution in [0.4, 0.5) is 0 Å². The monoisotopic (exact) mass is 408 g/mol. The van der Waals surface area contributed by atoms with Crippen molar-refractivity contribution in [2.75, 3.05) is 32.8 Å². The maximum Gasteiger partial charge on any atom is 0.251 e. The van der Waals surface area contributed by atoms with Gasteiger partial charge >= 0.3 is 0 Å². The first-order chi connectivity index (χ1) is 14.6. The summed E-state index contributed by atoms with van der Waals surface area (Å²) < 4.78 is 17.7. The summed E-state index contributed by atoms with van der Waals surface area (Å²) in [6.07, 6.45) is 2.14. The minimum atomic E-state index is -0.190. The molecule has 0 aliphatic carbocycles. The van der Waals surface area contributed by atoms with E-state index in [2.05, 4.69) is 10.2 Å². The van der Waals surface area contributed by atoms with Crippen LogP contribution in [0.5, 0.6) is 17.2 Å². The molecule has 0 spiro atoms. The van der Waals surface area contributed by atoms with Crippen molar-refractivity contribution in [1.82, 2.24) is 10.2 Å². The summed E-state index contributed by atoms with van der Waals surface area (Å²) in [4.78, 5) is 15.2. The molecule has 158 valence electrons. The van der Waals surface area contributed by atoms with Gasteiger partial charge in [-0.15, -0.1) is 0 Å². The number of hydrogen-bond donors (Lipinski definition) is 1. The van der Waals surface area contributed by atoms with Crippen molar-refractivity contribution in [3.05, 3.63) is 53.6 Å². The lowest BCUT2D eigenvalue weighted by atomic mass is 9.96. The number of nitrogens with one attached hydrogen (secondary N) is 1. The number of carbonyl (C=O) groups excluding carboxylic acids is 1. The number of piperidine rings is 1. The number of nitrogens with zero attached hydrogens (tertiary/aromatic N) is 1. The van der Waals surface area contributed by atoms with Crippen LogP contribution >= 0.6 is 0 Å². The number of carbonyl (C=O) groups is 1. The summed E-state index contributed by atoms with van der Waals surface area (Å²) in [5, 5.41) is 3.20. The van der Waals surface area contributed by atoms with E-state index in [0.29, 0.717) is 30.3 Å². The quantitative estimate of drug-likeness (QED) is 0.824. The van der Waals surface area contributed by atoms with Gasteiger partial charge in [-0.25, -0.2) is 0 Å². The van der Waals surface area contributed by atoms with Crippen LogP contribution in [0.2, 0.25) is 0 Å². The molecule has 1 amide bonds. The van der Waals surface area contributed by atoms with Crippen LogP contribution in [0.1, 0.15) is 28.8 Å². The third kappa shape index (κ3) is 4.24. The second-order valence-corrected chi connectivity index (χ2v) is 8.66. The molecule has 1 unspecified atom stereocenters. The maximum atomic E-state index is 12.7. The molecule has 30 heavy (non-hydrogen) atoms. The second-order valence-electron chi connectivity index (χ2n) is 8.66. The van der Waals surface area contributed by atoms with E-state index < -0.39 is 0 Å². The van der Waals surface area contributed by atoms with Crippen molar-refractivity contribution >= 4 is 5.91 Å². The van der Waals surface area contributed by atoms with Gasteiger partial charge in [0.15, 0.2) is 17.6 Å². The van der Waals surface area contributed by atoms with E-state index in [1.165, 1.54) is 18.5 Å². The van der Waals surface area contributed by atoms with Crippen LogP contribution in [0.25, 0.3) is 0 Å². The zero-order valence-electron chi connectivity index (χ0n) is 17.3. The molecule has 2 saturated heterocycles. The predicted octanol–water partition coefficient (Wildman–Crippen LogP) is 3.04. The number of rotatable bonds is 5. The highest BCUT2D eigenvalue weighted by atomic mass is 16.6. The Hall–Kier alpha value is -2.73. The molecule has 3 aliphatic rings. The summed E-state index contributed by atoms with van der Waals surface area (Å²) in [7, 11) is 0. The lowest BCUT2D eigenvalue weighted by Gasteiger charge is -2.30. The summed E-state index contributed by atoms with van der Waals surface area (Å²) in [5.41, 5.74) is 1.81. The Morgan fingerprint density at radius 3 is 2.87 bits per heavy atom. The highest BCUT2D eigenvalue weighted by molar-refractivity contribution is 5.95. The van der Waals surface area contributed by atoms with Crippen LogP contribution in [0.3, 0.4) is 0 Å². The molecule has 0 radical (unpaired) electrons. The van der Waals surface area contributed by atoms with E-state index in [9.17, 15) is 4.79 Å². The molecule has 1 N–H and O–H groups in total. The molecule has 6 heteroatoms. The van der Waals surface area contributed by atoms with E-state index in [4.69, 9.17) is 14.2 Å². The minimum Gasteiger partial charge on any atom is -0.490 e. The molecule has 5 rings (SSSR count). The first-order valence-corrected chi connectivity index (χ1v) is 10.8. The van der Waals surface area contributed by atoms with Gasteiger partial charge in [-0.2, -0.15) is 0 Å². The fourth-order valence-corrected chi connectivity index (χ4v) is 4.59. The average molecular weight is 408 g/mol. The van der Waals surface area contributed by atoms with E-state index >= 15 is 0 Å². The molecule has 2 fully saturated rings.